The van der Waals surface area contributed by atoms with Crippen molar-refractivity contribution >= 4 is 46.0 Å². The Morgan fingerprint density at radius 1 is 1.16 bits per heavy atom. The normalized spacial score (nSPS) is 14.6. The Morgan fingerprint density at radius 3 is 2.64 bits per heavy atom. The van der Waals surface area contributed by atoms with Crippen molar-refractivity contribution in [2.24, 2.45) is 4.99 Å². The Bertz CT molecular complexity index is 1090. The molecule has 6 heteroatoms. The molecule has 0 radical (unpaired) electrons. The van der Waals surface area contributed by atoms with Gasteiger partial charge in [-0.05, 0) is 43.3 Å². The van der Waals surface area contributed by atoms with E-state index in [-0.39, 0.29) is 10.8 Å². The Kier molecular flexibility index (Phi) is 3.82. The van der Waals surface area contributed by atoms with Gasteiger partial charge in [0.15, 0.2) is 0 Å². The van der Waals surface area contributed by atoms with Crippen LogP contribution in [0.2, 0.25) is 5.02 Å². The highest BCUT2D eigenvalue weighted by atomic mass is 35.5. The fourth-order valence-corrected chi connectivity index (χ4v) is 3.80. The minimum atomic E-state index is -0.257. The van der Waals surface area contributed by atoms with E-state index in [1.165, 1.54) is 4.57 Å². The molecule has 1 aliphatic rings. The maximum Gasteiger partial charge on any atom is 0.315 e. The second-order valence-corrected chi connectivity index (χ2v) is 7.07. The Balaban J connectivity index is 1.84. The molecule has 3 aromatic rings. The number of para-hydroxylation sites is 1. The number of rotatable bonds is 2. The van der Waals surface area contributed by atoms with E-state index in [4.69, 9.17) is 11.6 Å². The molecular formula is C19H13ClN2O2S. The van der Waals surface area contributed by atoms with Crippen LogP contribution in [-0.4, -0.2) is 15.4 Å². The van der Waals surface area contributed by atoms with Gasteiger partial charge in [-0.15, -0.1) is 0 Å². The smallest absolute Gasteiger partial charge is 0.315 e. The maximum absolute atomic E-state index is 12.4. The number of aliphatic imine (C=N–C) groups is 1. The number of hydrogen-bond donors (Lipinski definition) is 1. The van der Waals surface area contributed by atoms with E-state index in [2.05, 4.69) is 4.99 Å². The van der Waals surface area contributed by atoms with E-state index in [9.17, 15) is 9.90 Å². The molecule has 4 rings (SSSR count). The topological polar surface area (TPSA) is 54.6 Å². The molecule has 0 saturated carbocycles. The number of aromatic nitrogens is 1. The molecule has 1 aromatic heterocycles. The van der Waals surface area contributed by atoms with E-state index >= 15 is 0 Å². The number of allylic oxidation sites excluding steroid dienone is 1. The number of benzene rings is 2. The minimum absolute atomic E-state index is 0.0815. The molecule has 1 N–H and O–H groups in total. The number of aromatic hydroxyl groups is 1. The third-order valence-electron chi connectivity index (χ3n) is 4.04. The van der Waals surface area contributed by atoms with Crippen LogP contribution in [0.15, 0.2) is 58.3 Å². The molecule has 2 heterocycles. The zero-order chi connectivity index (χ0) is 17.6. The number of fused-ring (bicyclic) bond motifs is 1. The summed E-state index contributed by atoms with van der Waals surface area (Å²) in [5.74, 6) is -0.0815. The van der Waals surface area contributed by atoms with Gasteiger partial charge in [0.2, 0.25) is 5.88 Å². The molecule has 2 aromatic carbocycles. The van der Waals surface area contributed by atoms with Crippen molar-refractivity contribution in [3.8, 4) is 11.6 Å². The predicted molar refractivity (Wildman–Crippen MR) is 104 cm³/mol. The molecule has 0 unspecified atom stereocenters. The molecule has 0 saturated heterocycles. The first-order valence-electron chi connectivity index (χ1n) is 7.62. The molecular weight excluding hydrogens is 356 g/mol. The summed E-state index contributed by atoms with van der Waals surface area (Å²) in [5.41, 5.74) is 4.24. The standard InChI is InChI=1S/C19H13ClN2O2S/c1-11-15(14-4-2-3-5-16(14)21-11)10-17-18(23)22(19(24)25-17)13-8-6-12(20)7-9-13/h2-10,23H,1H3. The quantitative estimate of drug-likeness (QED) is 0.699. The highest BCUT2D eigenvalue weighted by Gasteiger charge is 2.20. The van der Waals surface area contributed by atoms with Gasteiger partial charge in [0.25, 0.3) is 0 Å². The Morgan fingerprint density at radius 2 is 1.88 bits per heavy atom. The van der Waals surface area contributed by atoms with E-state index < -0.39 is 0 Å². The van der Waals surface area contributed by atoms with Crippen molar-refractivity contribution in [2.45, 2.75) is 6.92 Å². The van der Waals surface area contributed by atoms with E-state index in [1.807, 2.05) is 37.3 Å². The lowest BCUT2D eigenvalue weighted by molar-refractivity contribution is 0.440. The molecule has 0 spiro atoms. The van der Waals surface area contributed by atoms with Crippen molar-refractivity contribution < 1.29 is 5.11 Å². The van der Waals surface area contributed by atoms with E-state index in [0.717, 1.165) is 33.9 Å². The summed E-state index contributed by atoms with van der Waals surface area (Å²) < 4.78 is 1.28. The summed E-state index contributed by atoms with van der Waals surface area (Å²) in [6, 6.07) is 14.6. The second-order valence-electron chi connectivity index (χ2n) is 5.64. The maximum atomic E-state index is 12.4. The minimum Gasteiger partial charge on any atom is -0.493 e. The average molecular weight is 369 g/mol. The van der Waals surface area contributed by atoms with Crippen LogP contribution in [0.5, 0.6) is 5.88 Å². The summed E-state index contributed by atoms with van der Waals surface area (Å²) in [5, 5.41) is 11.2. The molecule has 0 fully saturated rings. The first kappa shape index (κ1) is 15.9. The number of hydrogen-bond acceptors (Lipinski definition) is 4. The number of halogens is 1. The monoisotopic (exact) mass is 368 g/mol. The van der Waals surface area contributed by atoms with Crippen LogP contribution in [0, 0.1) is 0 Å². The summed E-state index contributed by atoms with van der Waals surface area (Å²) in [4.78, 5) is 17.1. The third kappa shape index (κ3) is 2.71. The van der Waals surface area contributed by atoms with Crippen LogP contribution >= 0.6 is 22.9 Å². The molecule has 4 nitrogen and oxygen atoms in total. The first-order chi connectivity index (χ1) is 12.0. The third-order valence-corrected chi connectivity index (χ3v) is 5.17. The highest BCUT2D eigenvalue weighted by molar-refractivity contribution is 7.10. The van der Waals surface area contributed by atoms with Gasteiger partial charge in [-0.1, -0.05) is 41.1 Å². The lowest BCUT2D eigenvalue weighted by Gasteiger charge is -2.04. The van der Waals surface area contributed by atoms with Crippen LogP contribution in [0.25, 0.3) is 17.3 Å². The van der Waals surface area contributed by atoms with Crippen LogP contribution in [0.1, 0.15) is 17.4 Å². The molecule has 25 heavy (non-hydrogen) atoms. The van der Waals surface area contributed by atoms with Gasteiger partial charge >= 0.3 is 4.87 Å². The van der Waals surface area contributed by atoms with Crippen LogP contribution < -0.4 is 4.87 Å². The van der Waals surface area contributed by atoms with Gasteiger partial charge in [0.05, 0.1) is 16.3 Å². The predicted octanol–water partition coefficient (Wildman–Crippen LogP) is 4.90. The number of thiazole rings is 1. The van der Waals surface area contributed by atoms with E-state index in [0.29, 0.717) is 15.6 Å². The molecule has 1 aliphatic heterocycles. The second kappa shape index (κ2) is 6.02. The largest absolute Gasteiger partial charge is 0.493 e. The van der Waals surface area contributed by atoms with Crippen molar-refractivity contribution in [3.05, 3.63) is 73.7 Å². The molecule has 0 bridgehead atoms. The van der Waals surface area contributed by atoms with Crippen molar-refractivity contribution in [1.82, 2.24) is 4.57 Å². The summed E-state index contributed by atoms with van der Waals surface area (Å²) in [7, 11) is 0. The van der Waals surface area contributed by atoms with E-state index in [1.54, 1.807) is 24.3 Å². The molecule has 0 atom stereocenters. The first-order valence-corrected chi connectivity index (χ1v) is 8.81. The zero-order valence-electron chi connectivity index (χ0n) is 13.2. The highest BCUT2D eigenvalue weighted by Crippen LogP contribution is 2.37. The molecule has 0 aliphatic carbocycles. The average Bonchev–Trinajstić information content (AvgIpc) is 3.06. The van der Waals surface area contributed by atoms with Crippen molar-refractivity contribution in [1.29, 1.82) is 0 Å². The van der Waals surface area contributed by atoms with Gasteiger partial charge in [-0.2, -0.15) is 0 Å². The number of nitrogens with zero attached hydrogens (tertiary/aromatic N) is 2. The van der Waals surface area contributed by atoms with Crippen molar-refractivity contribution in [3.63, 3.8) is 0 Å². The van der Waals surface area contributed by atoms with Gasteiger partial charge in [0, 0.05) is 21.9 Å². The fraction of sp³-hybridized carbons (Fsp3) is 0.0526. The van der Waals surface area contributed by atoms with Gasteiger partial charge in [-0.3, -0.25) is 9.79 Å². The zero-order valence-corrected chi connectivity index (χ0v) is 14.8. The Labute approximate surface area is 153 Å². The van der Waals surface area contributed by atoms with Crippen LogP contribution in [0.3, 0.4) is 0 Å². The van der Waals surface area contributed by atoms with Crippen LogP contribution in [0.4, 0.5) is 5.69 Å². The summed E-state index contributed by atoms with van der Waals surface area (Å²) in [6.07, 6.45) is 1.82. The summed E-state index contributed by atoms with van der Waals surface area (Å²) >= 11 is 6.89. The SMILES string of the molecule is CC1=Nc2ccccc2C1=Cc1sc(=O)n(-c2ccc(Cl)cc2)c1O. The van der Waals surface area contributed by atoms with Crippen molar-refractivity contribution in [2.75, 3.05) is 0 Å². The van der Waals surface area contributed by atoms with Gasteiger partial charge < -0.3 is 5.11 Å². The molecule has 124 valence electrons. The lowest BCUT2D eigenvalue weighted by Crippen LogP contribution is -2.09. The van der Waals surface area contributed by atoms with Crippen LogP contribution in [-0.2, 0) is 0 Å². The summed E-state index contributed by atoms with van der Waals surface area (Å²) in [6.45, 7) is 1.92. The van der Waals surface area contributed by atoms with Gasteiger partial charge in [0.1, 0.15) is 0 Å². The Hall–Kier alpha value is -2.63. The molecule has 0 amide bonds. The lowest BCUT2D eigenvalue weighted by atomic mass is 10.0. The van der Waals surface area contributed by atoms with Gasteiger partial charge in [-0.25, -0.2) is 4.57 Å². The fourth-order valence-electron chi connectivity index (χ4n) is 2.84.